The van der Waals surface area contributed by atoms with Crippen LogP contribution in [-0.4, -0.2) is 25.2 Å². The lowest BCUT2D eigenvalue weighted by atomic mass is 10.2. The Kier molecular flexibility index (Phi) is 5.60. The third kappa shape index (κ3) is 4.07. The first-order chi connectivity index (χ1) is 12.6. The second kappa shape index (κ2) is 8.07. The molecule has 1 heterocycles. The van der Waals surface area contributed by atoms with Gasteiger partial charge in [0.05, 0.1) is 29.8 Å². The second-order valence-corrected chi connectivity index (χ2v) is 6.60. The SMILES string of the molecule is COc1cc(OC)c(NC(=O)Nc2ncc(-c3ccccc3)s2)cc1Cl. The first kappa shape index (κ1) is 18.0. The van der Waals surface area contributed by atoms with Crippen molar-refractivity contribution in [3.05, 3.63) is 53.7 Å². The highest BCUT2D eigenvalue weighted by molar-refractivity contribution is 7.19. The molecule has 0 aliphatic rings. The van der Waals surface area contributed by atoms with E-state index in [1.54, 1.807) is 18.3 Å². The molecule has 8 heteroatoms. The number of methoxy groups -OCH3 is 2. The average molecular weight is 390 g/mol. The van der Waals surface area contributed by atoms with Gasteiger partial charge in [-0.1, -0.05) is 53.3 Å². The maximum Gasteiger partial charge on any atom is 0.325 e. The van der Waals surface area contributed by atoms with Gasteiger partial charge in [-0.15, -0.1) is 0 Å². The number of hydrogen-bond acceptors (Lipinski definition) is 5. The number of ether oxygens (including phenoxy) is 2. The van der Waals surface area contributed by atoms with Crippen LogP contribution in [0.15, 0.2) is 48.7 Å². The molecule has 2 N–H and O–H groups in total. The van der Waals surface area contributed by atoms with Gasteiger partial charge in [-0.3, -0.25) is 5.32 Å². The van der Waals surface area contributed by atoms with Gasteiger partial charge >= 0.3 is 6.03 Å². The van der Waals surface area contributed by atoms with E-state index < -0.39 is 6.03 Å². The number of carbonyl (C=O) groups excluding carboxylic acids is 1. The number of carbonyl (C=O) groups is 1. The number of urea groups is 1. The summed E-state index contributed by atoms with van der Waals surface area (Å²) in [6, 6.07) is 12.6. The van der Waals surface area contributed by atoms with Crippen LogP contribution in [0.1, 0.15) is 0 Å². The minimum atomic E-state index is -0.446. The van der Waals surface area contributed by atoms with Crippen LogP contribution >= 0.6 is 22.9 Å². The van der Waals surface area contributed by atoms with Gasteiger partial charge in [0.15, 0.2) is 5.13 Å². The zero-order valence-electron chi connectivity index (χ0n) is 14.1. The molecule has 1 aromatic heterocycles. The summed E-state index contributed by atoms with van der Waals surface area (Å²) < 4.78 is 10.4. The molecular formula is C18H16ClN3O3S. The molecule has 0 spiro atoms. The van der Waals surface area contributed by atoms with Crippen LogP contribution in [0, 0.1) is 0 Å². The zero-order valence-corrected chi connectivity index (χ0v) is 15.6. The van der Waals surface area contributed by atoms with Crippen molar-refractivity contribution in [3.8, 4) is 21.9 Å². The van der Waals surface area contributed by atoms with E-state index in [1.807, 2.05) is 30.3 Å². The van der Waals surface area contributed by atoms with Crippen molar-refractivity contribution in [1.82, 2.24) is 4.98 Å². The molecule has 0 atom stereocenters. The van der Waals surface area contributed by atoms with Gasteiger partial charge in [0.1, 0.15) is 11.5 Å². The topological polar surface area (TPSA) is 72.5 Å². The molecule has 0 aliphatic carbocycles. The number of benzene rings is 2. The lowest BCUT2D eigenvalue weighted by Crippen LogP contribution is -2.19. The first-order valence-electron chi connectivity index (χ1n) is 7.61. The van der Waals surface area contributed by atoms with Gasteiger partial charge in [0, 0.05) is 12.3 Å². The van der Waals surface area contributed by atoms with E-state index in [0.29, 0.717) is 27.3 Å². The lowest BCUT2D eigenvalue weighted by Gasteiger charge is -2.13. The van der Waals surface area contributed by atoms with Crippen molar-refractivity contribution in [2.24, 2.45) is 0 Å². The predicted octanol–water partition coefficient (Wildman–Crippen LogP) is 5.12. The van der Waals surface area contributed by atoms with Crippen LogP contribution in [0.5, 0.6) is 11.5 Å². The number of nitrogens with one attached hydrogen (secondary N) is 2. The van der Waals surface area contributed by atoms with Crippen molar-refractivity contribution in [1.29, 1.82) is 0 Å². The van der Waals surface area contributed by atoms with Crippen molar-refractivity contribution in [2.45, 2.75) is 0 Å². The molecule has 6 nitrogen and oxygen atoms in total. The lowest BCUT2D eigenvalue weighted by molar-refractivity contribution is 0.262. The Morgan fingerprint density at radius 2 is 1.81 bits per heavy atom. The standard InChI is InChI=1S/C18H16ClN3O3S/c1-24-14-9-15(25-2)13(8-12(14)19)21-17(23)22-18-20-10-16(26-18)11-6-4-3-5-7-11/h3-10H,1-2H3,(H2,20,21,22,23). The largest absolute Gasteiger partial charge is 0.495 e. The average Bonchev–Trinajstić information content (AvgIpc) is 3.11. The summed E-state index contributed by atoms with van der Waals surface area (Å²) in [5, 5.41) is 6.26. The molecule has 26 heavy (non-hydrogen) atoms. The molecule has 2 aromatic carbocycles. The molecule has 0 saturated carbocycles. The maximum atomic E-state index is 12.3. The van der Waals surface area contributed by atoms with Gasteiger partial charge in [0.2, 0.25) is 0 Å². The highest BCUT2D eigenvalue weighted by Crippen LogP contribution is 2.36. The van der Waals surface area contributed by atoms with E-state index in [-0.39, 0.29) is 0 Å². The molecule has 2 amide bonds. The molecule has 0 saturated heterocycles. The Morgan fingerprint density at radius 3 is 2.50 bits per heavy atom. The number of rotatable bonds is 5. The summed E-state index contributed by atoms with van der Waals surface area (Å²) in [5.41, 5.74) is 1.47. The number of aromatic nitrogens is 1. The quantitative estimate of drug-likeness (QED) is 0.634. The van der Waals surface area contributed by atoms with Crippen LogP contribution < -0.4 is 20.1 Å². The fourth-order valence-corrected chi connectivity index (χ4v) is 3.33. The van der Waals surface area contributed by atoms with E-state index in [1.165, 1.54) is 25.6 Å². The predicted molar refractivity (Wildman–Crippen MR) is 105 cm³/mol. The number of halogens is 1. The summed E-state index contributed by atoms with van der Waals surface area (Å²) in [6.07, 6.45) is 1.72. The normalized spacial score (nSPS) is 10.3. The molecule has 134 valence electrons. The third-order valence-electron chi connectivity index (χ3n) is 3.51. The summed E-state index contributed by atoms with van der Waals surface area (Å²) in [6.45, 7) is 0. The summed E-state index contributed by atoms with van der Waals surface area (Å²) in [4.78, 5) is 17.5. The van der Waals surface area contributed by atoms with Crippen LogP contribution in [0.4, 0.5) is 15.6 Å². The zero-order chi connectivity index (χ0) is 18.5. The smallest absolute Gasteiger partial charge is 0.325 e. The Balaban J connectivity index is 1.72. The Morgan fingerprint density at radius 1 is 1.08 bits per heavy atom. The fraction of sp³-hybridized carbons (Fsp3) is 0.111. The minimum absolute atomic E-state index is 0.365. The Bertz CT molecular complexity index is 915. The molecule has 0 aliphatic heterocycles. The maximum absolute atomic E-state index is 12.3. The number of thiazole rings is 1. The van der Waals surface area contributed by atoms with Gasteiger partial charge in [-0.2, -0.15) is 0 Å². The molecule has 3 aromatic rings. The van der Waals surface area contributed by atoms with Crippen LogP contribution in [-0.2, 0) is 0 Å². The summed E-state index contributed by atoms with van der Waals surface area (Å²) in [7, 11) is 3.01. The van der Waals surface area contributed by atoms with Gasteiger partial charge in [-0.05, 0) is 11.6 Å². The van der Waals surface area contributed by atoms with Crippen molar-refractivity contribution < 1.29 is 14.3 Å². The van der Waals surface area contributed by atoms with Crippen LogP contribution in [0.3, 0.4) is 0 Å². The monoisotopic (exact) mass is 389 g/mol. The molecule has 0 unspecified atom stereocenters. The van der Waals surface area contributed by atoms with Crippen LogP contribution in [0.2, 0.25) is 5.02 Å². The van der Waals surface area contributed by atoms with E-state index in [2.05, 4.69) is 15.6 Å². The Labute approximate surface area is 159 Å². The first-order valence-corrected chi connectivity index (χ1v) is 8.81. The van der Waals surface area contributed by atoms with Crippen molar-refractivity contribution in [2.75, 3.05) is 24.9 Å². The molecule has 3 rings (SSSR count). The molecule has 0 fully saturated rings. The van der Waals surface area contributed by atoms with Gasteiger partial charge < -0.3 is 14.8 Å². The molecule has 0 radical (unpaired) electrons. The van der Waals surface area contributed by atoms with E-state index in [0.717, 1.165) is 10.4 Å². The number of hydrogen-bond donors (Lipinski definition) is 2. The Hall–Kier alpha value is -2.77. The molecule has 0 bridgehead atoms. The van der Waals surface area contributed by atoms with Crippen LogP contribution in [0.25, 0.3) is 10.4 Å². The third-order valence-corrected chi connectivity index (χ3v) is 4.76. The minimum Gasteiger partial charge on any atom is -0.495 e. The fourth-order valence-electron chi connectivity index (χ4n) is 2.28. The highest BCUT2D eigenvalue weighted by Gasteiger charge is 2.14. The number of amides is 2. The molecular weight excluding hydrogens is 374 g/mol. The number of nitrogens with zero attached hydrogens (tertiary/aromatic N) is 1. The number of anilines is 2. The van der Waals surface area contributed by atoms with E-state index in [4.69, 9.17) is 21.1 Å². The highest BCUT2D eigenvalue weighted by atomic mass is 35.5. The van der Waals surface area contributed by atoms with Gasteiger partial charge in [0.25, 0.3) is 0 Å². The summed E-state index contributed by atoms with van der Waals surface area (Å²) in [5.74, 6) is 0.896. The second-order valence-electron chi connectivity index (χ2n) is 5.16. The van der Waals surface area contributed by atoms with Gasteiger partial charge in [-0.25, -0.2) is 9.78 Å². The van der Waals surface area contributed by atoms with Crippen molar-refractivity contribution >= 4 is 39.8 Å². The summed E-state index contributed by atoms with van der Waals surface area (Å²) >= 11 is 7.49. The van der Waals surface area contributed by atoms with E-state index in [9.17, 15) is 4.79 Å². The van der Waals surface area contributed by atoms with Crippen molar-refractivity contribution in [3.63, 3.8) is 0 Å². The van der Waals surface area contributed by atoms with E-state index >= 15 is 0 Å².